The summed E-state index contributed by atoms with van der Waals surface area (Å²) in [5.41, 5.74) is 1.92. The number of anilines is 1. The van der Waals surface area contributed by atoms with E-state index >= 15 is 0 Å². The lowest BCUT2D eigenvalue weighted by Gasteiger charge is -2.19. The van der Waals surface area contributed by atoms with Gasteiger partial charge in [0, 0.05) is 36.0 Å². The maximum Gasteiger partial charge on any atom is 0.252 e. The lowest BCUT2D eigenvalue weighted by Crippen LogP contribution is -2.25. The van der Waals surface area contributed by atoms with Crippen molar-refractivity contribution in [3.05, 3.63) is 46.8 Å². The van der Waals surface area contributed by atoms with E-state index in [-0.39, 0.29) is 29.7 Å². The molecule has 1 atom stereocenters. The van der Waals surface area contributed by atoms with Gasteiger partial charge in [0.1, 0.15) is 4.67 Å². The second-order valence-corrected chi connectivity index (χ2v) is 9.30. The SMILES string of the molecule is CCCCc1cn(C(C)(C)C)sc1=NC(=O)C1CC(=O)N(c2ccccc2)C1. The van der Waals surface area contributed by atoms with Crippen molar-refractivity contribution in [2.45, 2.75) is 58.9 Å². The number of rotatable bonds is 5. The molecule has 2 aromatic rings. The number of hydrogen-bond acceptors (Lipinski definition) is 3. The molecule has 150 valence electrons. The highest BCUT2D eigenvalue weighted by Crippen LogP contribution is 2.25. The first-order valence-corrected chi connectivity index (χ1v) is 10.7. The Kier molecular flexibility index (Phi) is 6.18. The first-order valence-electron chi connectivity index (χ1n) is 9.96. The van der Waals surface area contributed by atoms with Crippen molar-refractivity contribution >= 4 is 29.0 Å². The molecule has 28 heavy (non-hydrogen) atoms. The number of aromatic nitrogens is 1. The van der Waals surface area contributed by atoms with Crippen LogP contribution in [-0.2, 0) is 21.5 Å². The van der Waals surface area contributed by atoms with Crippen LogP contribution in [0.15, 0.2) is 41.5 Å². The minimum Gasteiger partial charge on any atom is -0.312 e. The van der Waals surface area contributed by atoms with Gasteiger partial charge in [-0.25, -0.2) is 4.99 Å². The molecule has 0 radical (unpaired) electrons. The zero-order valence-corrected chi connectivity index (χ0v) is 18.0. The Balaban J connectivity index is 1.84. The summed E-state index contributed by atoms with van der Waals surface area (Å²) in [4.78, 5) is 31.5. The third-order valence-corrected chi connectivity index (χ3v) is 6.32. The number of amides is 2. The van der Waals surface area contributed by atoms with Gasteiger partial charge in [0.2, 0.25) is 5.91 Å². The van der Waals surface area contributed by atoms with Crippen LogP contribution < -0.4 is 9.57 Å². The molecule has 1 unspecified atom stereocenters. The van der Waals surface area contributed by atoms with Crippen LogP contribution in [0.2, 0.25) is 0 Å². The number of nitrogens with zero attached hydrogens (tertiary/aromatic N) is 3. The van der Waals surface area contributed by atoms with Crippen LogP contribution in [-0.4, -0.2) is 22.3 Å². The van der Waals surface area contributed by atoms with Gasteiger partial charge in [-0.3, -0.25) is 13.5 Å². The van der Waals surface area contributed by atoms with Crippen molar-refractivity contribution in [2.24, 2.45) is 10.9 Å². The number of aryl methyl sites for hydroxylation is 1. The molecule has 1 fully saturated rings. The van der Waals surface area contributed by atoms with Crippen LogP contribution >= 0.6 is 11.5 Å². The molecular weight excluding hydrogens is 370 g/mol. The predicted octanol–water partition coefficient (Wildman–Crippen LogP) is 4.13. The smallest absolute Gasteiger partial charge is 0.252 e. The molecule has 0 N–H and O–H groups in total. The van der Waals surface area contributed by atoms with Crippen LogP contribution in [0.5, 0.6) is 0 Å². The second-order valence-electron chi connectivity index (χ2n) is 8.34. The van der Waals surface area contributed by atoms with Crippen molar-refractivity contribution < 1.29 is 9.59 Å². The molecular formula is C22H29N3O2S. The quantitative estimate of drug-likeness (QED) is 0.759. The molecule has 1 aromatic carbocycles. The summed E-state index contributed by atoms with van der Waals surface area (Å²) in [5.74, 6) is -0.578. The zero-order chi connectivity index (χ0) is 20.3. The zero-order valence-electron chi connectivity index (χ0n) is 17.1. The third kappa shape index (κ3) is 4.61. The number of carbonyl (C=O) groups excluding carboxylic acids is 2. The van der Waals surface area contributed by atoms with Gasteiger partial charge in [0.25, 0.3) is 5.91 Å². The maximum absolute atomic E-state index is 12.9. The Morgan fingerprint density at radius 3 is 2.61 bits per heavy atom. The number of para-hydroxylation sites is 1. The predicted molar refractivity (Wildman–Crippen MR) is 113 cm³/mol. The van der Waals surface area contributed by atoms with Gasteiger partial charge in [0.05, 0.1) is 5.92 Å². The third-order valence-electron chi connectivity index (χ3n) is 4.95. The summed E-state index contributed by atoms with van der Waals surface area (Å²) in [6.45, 7) is 9.00. The molecule has 0 bridgehead atoms. The fourth-order valence-electron chi connectivity index (χ4n) is 3.26. The first kappa shape index (κ1) is 20.5. The minimum atomic E-state index is -0.378. The Morgan fingerprint density at radius 1 is 1.25 bits per heavy atom. The molecule has 6 heteroatoms. The summed E-state index contributed by atoms with van der Waals surface area (Å²) < 4.78 is 2.96. The van der Waals surface area contributed by atoms with E-state index in [4.69, 9.17) is 0 Å². The summed E-state index contributed by atoms with van der Waals surface area (Å²) in [5, 5.41) is 0. The normalized spacial score (nSPS) is 18.1. The van der Waals surface area contributed by atoms with Crippen LogP contribution in [0.3, 0.4) is 0 Å². The average Bonchev–Trinajstić information content (AvgIpc) is 3.24. The van der Waals surface area contributed by atoms with Crippen LogP contribution in [0, 0.1) is 5.92 Å². The lowest BCUT2D eigenvalue weighted by molar-refractivity contribution is -0.123. The van der Waals surface area contributed by atoms with Gasteiger partial charge in [-0.2, -0.15) is 0 Å². The van der Waals surface area contributed by atoms with Crippen molar-refractivity contribution in [3.8, 4) is 0 Å². The number of benzene rings is 1. The van der Waals surface area contributed by atoms with Gasteiger partial charge in [-0.15, -0.1) is 0 Å². The van der Waals surface area contributed by atoms with Crippen molar-refractivity contribution in [2.75, 3.05) is 11.4 Å². The van der Waals surface area contributed by atoms with Crippen LogP contribution in [0.4, 0.5) is 5.69 Å². The summed E-state index contributed by atoms with van der Waals surface area (Å²) >= 11 is 1.53. The van der Waals surface area contributed by atoms with Gasteiger partial charge in [0.15, 0.2) is 0 Å². The Labute approximate surface area is 170 Å². The molecule has 1 aliphatic heterocycles. The fraction of sp³-hybridized carbons (Fsp3) is 0.500. The molecule has 5 nitrogen and oxygen atoms in total. The van der Waals surface area contributed by atoms with Gasteiger partial charge in [-0.1, -0.05) is 31.5 Å². The topological polar surface area (TPSA) is 54.7 Å². The van der Waals surface area contributed by atoms with Gasteiger partial charge < -0.3 is 4.90 Å². The van der Waals surface area contributed by atoms with E-state index in [9.17, 15) is 9.59 Å². The van der Waals surface area contributed by atoms with Gasteiger partial charge in [-0.05, 0) is 57.3 Å². The number of carbonyl (C=O) groups is 2. The van der Waals surface area contributed by atoms with Crippen molar-refractivity contribution in [1.82, 2.24) is 3.96 Å². The highest BCUT2D eigenvalue weighted by Gasteiger charge is 2.35. The summed E-state index contributed by atoms with van der Waals surface area (Å²) in [6.07, 6.45) is 5.44. The molecule has 3 rings (SSSR count). The summed E-state index contributed by atoms with van der Waals surface area (Å²) in [7, 11) is 0. The van der Waals surface area contributed by atoms with Crippen molar-refractivity contribution in [3.63, 3.8) is 0 Å². The molecule has 0 aliphatic carbocycles. The Hall–Kier alpha value is -2.21. The average molecular weight is 400 g/mol. The lowest BCUT2D eigenvalue weighted by atomic mass is 10.1. The molecule has 1 aromatic heterocycles. The van der Waals surface area contributed by atoms with E-state index in [0.717, 1.165) is 35.2 Å². The van der Waals surface area contributed by atoms with E-state index in [1.54, 1.807) is 4.90 Å². The molecule has 2 heterocycles. The Morgan fingerprint density at radius 2 is 1.96 bits per heavy atom. The van der Waals surface area contributed by atoms with E-state index < -0.39 is 0 Å². The standard InChI is InChI=1S/C22H29N3O2S/c1-5-6-10-16-15-25(22(2,3)4)28-21(16)23-20(27)17-13-19(26)24(14-17)18-11-8-7-9-12-18/h7-9,11-12,15,17H,5-6,10,13-14H2,1-4H3. The second kappa shape index (κ2) is 8.43. The largest absolute Gasteiger partial charge is 0.312 e. The number of unbranched alkanes of at least 4 members (excludes halogenated alkanes) is 1. The van der Waals surface area contributed by atoms with E-state index in [1.165, 1.54) is 11.5 Å². The Bertz CT molecular complexity index is 906. The highest BCUT2D eigenvalue weighted by molar-refractivity contribution is 7.04. The monoisotopic (exact) mass is 399 g/mol. The fourth-order valence-corrected chi connectivity index (χ4v) is 4.30. The van der Waals surface area contributed by atoms with E-state index in [2.05, 4.69) is 42.8 Å². The molecule has 0 spiro atoms. The highest BCUT2D eigenvalue weighted by atomic mass is 32.1. The maximum atomic E-state index is 12.9. The van der Waals surface area contributed by atoms with E-state index in [0.29, 0.717) is 6.54 Å². The molecule has 0 saturated carbocycles. The molecule has 1 saturated heterocycles. The van der Waals surface area contributed by atoms with E-state index in [1.807, 2.05) is 30.3 Å². The molecule has 2 amide bonds. The van der Waals surface area contributed by atoms with Crippen LogP contribution in [0.1, 0.15) is 52.5 Å². The molecule has 1 aliphatic rings. The first-order chi connectivity index (χ1) is 13.3. The van der Waals surface area contributed by atoms with Crippen LogP contribution in [0.25, 0.3) is 0 Å². The minimum absolute atomic E-state index is 0.0121. The van der Waals surface area contributed by atoms with Crippen molar-refractivity contribution in [1.29, 1.82) is 0 Å². The number of hydrogen-bond donors (Lipinski definition) is 0. The summed E-state index contributed by atoms with van der Waals surface area (Å²) in [6, 6.07) is 9.52. The van der Waals surface area contributed by atoms with Gasteiger partial charge >= 0.3 is 0 Å².